The summed E-state index contributed by atoms with van der Waals surface area (Å²) >= 11 is 3.52. The first kappa shape index (κ1) is 16.7. The molecule has 0 aromatic heterocycles. The van der Waals surface area contributed by atoms with Crippen molar-refractivity contribution in [1.82, 2.24) is 0 Å². The molecule has 0 amide bonds. The van der Waals surface area contributed by atoms with Crippen LogP contribution < -0.4 is 0 Å². The molecule has 0 bridgehead atoms. The number of methoxy groups -OCH3 is 1. The highest BCUT2D eigenvalue weighted by atomic mass is 79.9. The quantitative estimate of drug-likeness (QED) is 0.741. The molecular weight excluding hydrogens is 328 g/mol. The van der Waals surface area contributed by atoms with E-state index in [1.807, 2.05) is 24.3 Å². The zero-order chi connectivity index (χ0) is 14.7. The Balaban J connectivity index is 2.92. The summed E-state index contributed by atoms with van der Waals surface area (Å²) in [6.07, 6.45) is 2.13. The first-order valence-electron chi connectivity index (χ1n) is 6.11. The lowest BCUT2D eigenvalue weighted by Crippen LogP contribution is -2.35. The number of hydrogen-bond donors (Lipinski definition) is 0. The maximum Gasteiger partial charge on any atom is 0.154 e. The van der Waals surface area contributed by atoms with Crippen molar-refractivity contribution in [2.75, 3.05) is 20.0 Å². The molecule has 1 unspecified atom stereocenters. The Morgan fingerprint density at radius 2 is 1.79 bits per heavy atom. The van der Waals surface area contributed by atoms with Gasteiger partial charge in [-0.15, -0.1) is 0 Å². The minimum absolute atomic E-state index is 0.230. The number of benzene rings is 1. The molecule has 5 heteroatoms. The van der Waals surface area contributed by atoms with E-state index < -0.39 is 14.6 Å². The summed E-state index contributed by atoms with van der Waals surface area (Å²) in [7, 11) is -1.46. The maximum absolute atomic E-state index is 11.8. The zero-order valence-corrected chi connectivity index (χ0v) is 14.2. The molecule has 0 aliphatic heterocycles. The lowest BCUT2D eigenvalue weighted by atomic mass is 10.00. The van der Waals surface area contributed by atoms with Gasteiger partial charge in [0.1, 0.15) is 0 Å². The standard InChI is InChI=1S/C14H21BrO3S/c1-14(2,19(4,16)17)13(15)12-7-5-11(6-8-12)9-10-18-3/h5-8,13H,9-10H2,1-4H3. The largest absolute Gasteiger partial charge is 0.384 e. The number of hydrogen-bond acceptors (Lipinski definition) is 3. The second kappa shape index (κ2) is 6.37. The Morgan fingerprint density at radius 1 is 1.26 bits per heavy atom. The highest BCUT2D eigenvalue weighted by molar-refractivity contribution is 9.09. The van der Waals surface area contributed by atoms with Crippen LogP contribution >= 0.6 is 15.9 Å². The van der Waals surface area contributed by atoms with E-state index in [-0.39, 0.29) is 4.83 Å². The minimum atomic E-state index is -3.14. The molecule has 1 aromatic carbocycles. The molecule has 0 fully saturated rings. The molecule has 0 aliphatic carbocycles. The summed E-state index contributed by atoms with van der Waals surface area (Å²) in [6.45, 7) is 4.16. The third kappa shape index (κ3) is 4.04. The fourth-order valence-electron chi connectivity index (χ4n) is 1.66. The average molecular weight is 349 g/mol. The van der Waals surface area contributed by atoms with Crippen molar-refractivity contribution in [3.05, 3.63) is 35.4 Å². The van der Waals surface area contributed by atoms with Crippen LogP contribution in [-0.4, -0.2) is 33.1 Å². The van der Waals surface area contributed by atoms with Crippen LogP contribution in [0.4, 0.5) is 0 Å². The summed E-state index contributed by atoms with van der Waals surface area (Å²) < 4.78 is 27.8. The normalized spacial score (nSPS) is 14.4. The van der Waals surface area contributed by atoms with Crippen LogP contribution in [0.15, 0.2) is 24.3 Å². The lowest BCUT2D eigenvalue weighted by molar-refractivity contribution is 0.202. The molecule has 0 saturated carbocycles. The predicted octanol–water partition coefficient (Wildman–Crippen LogP) is 3.13. The smallest absolute Gasteiger partial charge is 0.154 e. The zero-order valence-electron chi connectivity index (χ0n) is 11.8. The first-order chi connectivity index (χ1) is 8.70. The van der Waals surface area contributed by atoms with Gasteiger partial charge in [-0.3, -0.25) is 0 Å². The fourth-order valence-corrected chi connectivity index (χ4v) is 3.50. The van der Waals surface area contributed by atoms with Crippen LogP contribution in [0.1, 0.15) is 29.8 Å². The molecule has 1 aromatic rings. The van der Waals surface area contributed by atoms with Crippen molar-refractivity contribution in [3.63, 3.8) is 0 Å². The number of sulfone groups is 1. The Morgan fingerprint density at radius 3 is 2.21 bits per heavy atom. The van der Waals surface area contributed by atoms with Crippen molar-refractivity contribution >= 4 is 25.8 Å². The van der Waals surface area contributed by atoms with Crippen LogP contribution in [0.25, 0.3) is 0 Å². The second-order valence-electron chi connectivity index (χ2n) is 5.22. The van der Waals surface area contributed by atoms with Gasteiger partial charge in [0, 0.05) is 13.4 Å². The highest BCUT2D eigenvalue weighted by Gasteiger charge is 2.38. The number of alkyl halides is 1. The van der Waals surface area contributed by atoms with E-state index in [1.54, 1.807) is 21.0 Å². The third-order valence-corrected chi connectivity index (χ3v) is 7.56. The van der Waals surface area contributed by atoms with Crippen molar-refractivity contribution in [2.45, 2.75) is 29.8 Å². The first-order valence-corrected chi connectivity index (χ1v) is 8.92. The Bertz CT molecular complexity index is 506. The molecule has 0 radical (unpaired) electrons. The Hall–Kier alpha value is -0.390. The fraction of sp³-hybridized carbons (Fsp3) is 0.571. The molecule has 0 spiro atoms. The predicted molar refractivity (Wildman–Crippen MR) is 82.6 cm³/mol. The Kier molecular flexibility index (Phi) is 5.59. The van der Waals surface area contributed by atoms with Crippen molar-refractivity contribution < 1.29 is 13.2 Å². The van der Waals surface area contributed by atoms with Gasteiger partial charge in [-0.05, 0) is 31.4 Å². The third-order valence-electron chi connectivity index (χ3n) is 3.43. The highest BCUT2D eigenvalue weighted by Crippen LogP contribution is 2.39. The van der Waals surface area contributed by atoms with E-state index >= 15 is 0 Å². The van der Waals surface area contributed by atoms with E-state index in [2.05, 4.69) is 15.9 Å². The minimum Gasteiger partial charge on any atom is -0.384 e. The summed E-state index contributed by atoms with van der Waals surface area (Å²) in [5, 5.41) is 0. The van der Waals surface area contributed by atoms with Crippen LogP contribution in [0.3, 0.4) is 0 Å². The van der Waals surface area contributed by atoms with Gasteiger partial charge in [0.25, 0.3) is 0 Å². The van der Waals surface area contributed by atoms with Gasteiger partial charge in [-0.25, -0.2) is 8.42 Å². The SMILES string of the molecule is COCCc1ccc(C(Br)C(C)(C)S(C)(=O)=O)cc1. The summed E-state index contributed by atoms with van der Waals surface area (Å²) in [4.78, 5) is -0.230. The van der Waals surface area contributed by atoms with Crippen LogP contribution in [0.5, 0.6) is 0 Å². The van der Waals surface area contributed by atoms with Crippen LogP contribution in [-0.2, 0) is 21.0 Å². The molecule has 0 N–H and O–H groups in total. The molecule has 0 heterocycles. The molecule has 108 valence electrons. The van der Waals surface area contributed by atoms with E-state index in [1.165, 1.54) is 11.8 Å². The molecule has 19 heavy (non-hydrogen) atoms. The van der Waals surface area contributed by atoms with Crippen LogP contribution in [0, 0.1) is 0 Å². The lowest BCUT2D eigenvalue weighted by Gasteiger charge is -2.28. The molecule has 0 saturated heterocycles. The summed E-state index contributed by atoms with van der Waals surface area (Å²) in [5.74, 6) is 0. The molecular formula is C14H21BrO3S. The van der Waals surface area contributed by atoms with Crippen molar-refractivity contribution in [3.8, 4) is 0 Å². The van der Waals surface area contributed by atoms with E-state index in [0.29, 0.717) is 6.61 Å². The van der Waals surface area contributed by atoms with Gasteiger partial charge in [0.15, 0.2) is 9.84 Å². The molecule has 1 rings (SSSR count). The van der Waals surface area contributed by atoms with Gasteiger partial charge in [-0.2, -0.15) is 0 Å². The number of halogens is 1. The summed E-state index contributed by atoms with van der Waals surface area (Å²) in [5.41, 5.74) is 2.15. The number of rotatable bonds is 6. The molecule has 1 atom stereocenters. The van der Waals surface area contributed by atoms with Gasteiger partial charge in [0.05, 0.1) is 16.2 Å². The maximum atomic E-state index is 11.8. The van der Waals surface area contributed by atoms with E-state index in [4.69, 9.17) is 4.74 Å². The molecule has 0 aliphatic rings. The van der Waals surface area contributed by atoms with E-state index in [0.717, 1.165) is 12.0 Å². The van der Waals surface area contributed by atoms with Gasteiger partial charge in [0.2, 0.25) is 0 Å². The Labute approximate surface area is 124 Å². The van der Waals surface area contributed by atoms with Crippen LogP contribution in [0.2, 0.25) is 0 Å². The average Bonchev–Trinajstić information content (AvgIpc) is 2.34. The monoisotopic (exact) mass is 348 g/mol. The topological polar surface area (TPSA) is 43.4 Å². The van der Waals surface area contributed by atoms with Gasteiger partial charge < -0.3 is 4.74 Å². The van der Waals surface area contributed by atoms with Crippen molar-refractivity contribution in [1.29, 1.82) is 0 Å². The molecule has 3 nitrogen and oxygen atoms in total. The van der Waals surface area contributed by atoms with E-state index in [9.17, 15) is 8.42 Å². The number of ether oxygens (including phenoxy) is 1. The van der Waals surface area contributed by atoms with Crippen molar-refractivity contribution in [2.24, 2.45) is 0 Å². The summed E-state index contributed by atoms with van der Waals surface area (Å²) in [6, 6.07) is 7.97. The second-order valence-corrected chi connectivity index (χ2v) is 8.73. The van der Waals surface area contributed by atoms with Gasteiger partial charge >= 0.3 is 0 Å². The van der Waals surface area contributed by atoms with Gasteiger partial charge in [-0.1, -0.05) is 40.2 Å².